The molecular weight excluding hydrogens is 478 g/mol. The highest BCUT2D eigenvalue weighted by molar-refractivity contribution is 14.1. The van der Waals surface area contributed by atoms with E-state index < -0.39 is 0 Å². The number of rotatable bonds is 2. The molecule has 4 fully saturated rings. The third-order valence-corrected chi connectivity index (χ3v) is 8.80. The third kappa shape index (κ3) is 1.92. The van der Waals surface area contributed by atoms with E-state index in [2.05, 4.69) is 45.2 Å². The summed E-state index contributed by atoms with van der Waals surface area (Å²) in [7, 11) is 0. The van der Waals surface area contributed by atoms with Gasteiger partial charge in [0.2, 0.25) is 0 Å². The summed E-state index contributed by atoms with van der Waals surface area (Å²) in [4.78, 5) is 0. The van der Waals surface area contributed by atoms with Gasteiger partial charge in [-0.1, -0.05) is 70.9 Å². The Hall–Kier alpha value is 1.38. The molecular formula is C16H24I2O2. The molecule has 4 aliphatic rings. The molecule has 4 heteroatoms. The fourth-order valence-electron chi connectivity index (χ4n) is 5.51. The van der Waals surface area contributed by atoms with E-state index in [0.717, 1.165) is 21.7 Å². The van der Waals surface area contributed by atoms with Crippen molar-refractivity contribution in [1.82, 2.24) is 0 Å². The summed E-state index contributed by atoms with van der Waals surface area (Å²) in [6, 6.07) is 0. The summed E-state index contributed by atoms with van der Waals surface area (Å²) < 4.78 is 16.0. The molecule has 0 unspecified atom stereocenters. The lowest BCUT2D eigenvalue weighted by Gasteiger charge is -2.35. The fraction of sp³-hybridized carbons (Fsp3) is 1.00. The lowest BCUT2D eigenvalue weighted by Crippen LogP contribution is -2.50. The Morgan fingerprint density at radius 1 is 0.650 bits per heavy atom. The van der Waals surface area contributed by atoms with E-state index >= 15 is 0 Å². The van der Waals surface area contributed by atoms with Gasteiger partial charge in [0.05, 0.1) is 11.2 Å². The van der Waals surface area contributed by atoms with Crippen LogP contribution in [0.5, 0.6) is 0 Å². The van der Waals surface area contributed by atoms with Crippen molar-refractivity contribution in [3.05, 3.63) is 0 Å². The van der Waals surface area contributed by atoms with Crippen LogP contribution in [0.1, 0.15) is 64.2 Å². The van der Waals surface area contributed by atoms with Crippen molar-refractivity contribution in [3.63, 3.8) is 0 Å². The first-order valence-corrected chi connectivity index (χ1v) is 11.2. The Bertz CT molecular complexity index is 343. The van der Waals surface area contributed by atoms with Crippen LogP contribution in [0.2, 0.25) is 0 Å². The van der Waals surface area contributed by atoms with Crippen molar-refractivity contribution in [2.45, 2.75) is 86.6 Å². The molecule has 0 N–H and O–H groups in total. The largest absolute Gasteiger partial charge is 0.364 e. The number of halogens is 2. The third-order valence-electron chi connectivity index (χ3n) is 6.33. The first-order valence-electron chi connectivity index (χ1n) is 8.14. The number of alkyl halides is 2. The lowest BCUT2D eigenvalue weighted by atomic mass is 9.80. The van der Waals surface area contributed by atoms with Crippen LogP contribution < -0.4 is 0 Å². The Balaban J connectivity index is 1.71. The quantitative estimate of drug-likeness (QED) is 0.399. The molecule has 2 saturated heterocycles. The van der Waals surface area contributed by atoms with Gasteiger partial charge in [0.1, 0.15) is 11.2 Å². The summed E-state index contributed by atoms with van der Waals surface area (Å²) in [6.45, 7) is 0. The number of hydrogen-bond acceptors (Lipinski definition) is 2. The summed E-state index contributed by atoms with van der Waals surface area (Å²) in [5.74, 6) is 0. The van der Waals surface area contributed by atoms with Gasteiger partial charge in [0.25, 0.3) is 0 Å². The second-order valence-electron chi connectivity index (χ2n) is 7.59. The molecule has 2 saturated carbocycles. The first kappa shape index (κ1) is 14.9. The van der Waals surface area contributed by atoms with Gasteiger partial charge in [0, 0.05) is 21.7 Å². The average molecular weight is 502 g/mol. The zero-order valence-corrected chi connectivity index (χ0v) is 16.4. The number of hydrogen-bond donors (Lipinski definition) is 0. The van der Waals surface area contributed by atoms with Crippen LogP contribution in [0.25, 0.3) is 0 Å². The topological polar surface area (TPSA) is 18.5 Å². The molecule has 4 rings (SSSR count). The molecule has 2 atom stereocenters. The maximum atomic E-state index is 6.91. The van der Waals surface area contributed by atoms with Crippen LogP contribution in [0.3, 0.4) is 0 Å². The second kappa shape index (κ2) is 4.94. The van der Waals surface area contributed by atoms with E-state index in [4.69, 9.17) is 9.47 Å². The molecule has 0 aromatic carbocycles. The van der Waals surface area contributed by atoms with E-state index in [-0.39, 0.29) is 22.4 Å². The van der Waals surface area contributed by atoms with Gasteiger partial charge in [0.15, 0.2) is 0 Å². The molecule has 2 spiro atoms. The normalized spacial score (nSPS) is 44.7. The monoisotopic (exact) mass is 502 g/mol. The Labute approximate surface area is 149 Å². The van der Waals surface area contributed by atoms with Gasteiger partial charge >= 0.3 is 0 Å². The smallest absolute Gasteiger partial charge is 0.110 e. The summed E-state index contributed by atoms with van der Waals surface area (Å²) in [5, 5.41) is 0. The maximum Gasteiger partial charge on any atom is 0.110 e. The van der Waals surface area contributed by atoms with E-state index in [0.29, 0.717) is 0 Å². The van der Waals surface area contributed by atoms with Crippen molar-refractivity contribution >= 4 is 45.2 Å². The summed E-state index contributed by atoms with van der Waals surface area (Å²) in [5.41, 5.74) is 0.333. The Morgan fingerprint density at radius 2 is 1.00 bits per heavy atom. The summed E-state index contributed by atoms with van der Waals surface area (Å²) >= 11 is 5.12. The van der Waals surface area contributed by atoms with Gasteiger partial charge < -0.3 is 9.47 Å². The minimum Gasteiger partial charge on any atom is -0.364 e. The van der Waals surface area contributed by atoms with Crippen LogP contribution in [0, 0.1) is 0 Å². The maximum absolute atomic E-state index is 6.91. The van der Waals surface area contributed by atoms with Gasteiger partial charge in [-0.05, 0) is 25.7 Å². The van der Waals surface area contributed by atoms with Crippen LogP contribution in [0.15, 0.2) is 0 Å². The zero-order chi connectivity index (χ0) is 13.9. The fourth-order valence-corrected chi connectivity index (χ4v) is 7.75. The molecule has 2 aliphatic heterocycles. The minimum atomic E-state index is 0.00340. The Morgan fingerprint density at radius 3 is 1.30 bits per heavy atom. The molecule has 0 aromatic heterocycles. The zero-order valence-electron chi connectivity index (χ0n) is 12.1. The van der Waals surface area contributed by atoms with Gasteiger partial charge in [-0.15, -0.1) is 0 Å². The summed E-state index contributed by atoms with van der Waals surface area (Å²) in [6.07, 6.45) is 12.8. The predicted octanol–water partition coefficient (Wildman–Crippen LogP) is 4.80. The first-order chi connectivity index (χ1) is 9.61. The van der Waals surface area contributed by atoms with Crippen molar-refractivity contribution < 1.29 is 9.47 Å². The van der Waals surface area contributed by atoms with E-state index in [1.165, 1.54) is 51.4 Å². The molecule has 0 aromatic rings. The van der Waals surface area contributed by atoms with Crippen LogP contribution >= 0.6 is 45.2 Å². The standard InChI is InChI=1S/C16H24I2O2/c17-11-15-9-13(5-1-2-6-13)19-16(15,12-18)10-14(20-15)7-3-4-8-14/h1-12H2/t15-,16-/m1/s1. The molecule has 2 heterocycles. The molecule has 20 heavy (non-hydrogen) atoms. The van der Waals surface area contributed by atoms with Crippen molar-refractivity contribution in [2.75, 3.05) is 8.86 Å². The van der Waals surface area contributed by atoms with E-state index in [1.807, 2.05) is 0 Å². The minimum absolute atomic E-state index is 0.00340. The second-order valence-corrected chi connectivity index (χ2v) is 9.12. The highest BCUT2D eigenvalue weighted by Crippen LogP contribution is 2.64. The molecule has 2 nitrogen and oxygen atoms in total. The molecule has 0 radical (unpaired) electrons. The highest BCUT2D eigenvalue weighted by atomic mass is 127. The van der Waals surface area contributed by atoms with Gasteiger partial charge in [-0.25, -0.2) is 0 Å². The average Bonchev–Trinajstić information content (AvgIpc) is 3.16. The predicted molar refractivity (Wildman–Crippen MR) is 97.0 cm³/mol. The van der Waals surface area contributed by atoms with Crippen molar-refractivity contribution in [3.8, 4) is 0 Å². The number of ether oxygens (including phenoxy) is 2. The molecule has 0 amide bonds. The Kier molecular flexibility index (Phi) is 3.69. The van der Waals surface area contributed by atoms with Crippen molar-refractivity contribution in [1.29, 1.82) is 0 Å². The van der Waals surface area contributed by atoms with Crippen molar-refractivity contribution in [2.24, 2.45) is 0 Å². The lowest BCUT2D eigenvalue weighted by molar-refractivity contribution is -0.111. The van der Waals surface area contributed by atoms with Gasteiger partial charge in [-0.3, -0.25) is 0 Å². The molecule has 2 aliphatic carbocycles. The van der Waals surface area contributed by atoms with Crippen LogP contribution in [-0.2, 0) is 9.47 Å². The van der Waals surface area contributed by atoms with E-state index in [1.54, 1.807) is 0 Å². The van der Waals surface area contributed by atoms with Crippen LogP contribution in [-0.4, -0.2) is 31.3 Å². The molecule has 114 valence electrons. The van der Waals surface area contributed by atoms with Gasteiger partial charge in [-0.2, -0.15) is 0 Å². The van der Waals surface area contributed by atoms with E-state index in [9.17, 15) is 0 Å². The highest BCUT2D eigenvalue weighted by Gasteiger charge is 2.72. The van der Waals surface area contributed by atoms with Crippen LogP contribution in [0.4, 0.5) is 0 Å². The number of fused-ring (bicyclic) bond motifs is 1. The SMILES string of the molecule is IC[C@]12CC3(CCCC3)O[C@@]1(CI)CC1(CCCC1)O2. The molecule has 0 bridgehead atoms.